The van der Waals surface area contributed by atoms with E-state index in [4.69, 9.17) is 21.1 Å². The first-order valence-corrected chi connectivity index (χ1v) is 14.0. The molecule has 2 aromatic carbocycles. The van der Waals surface area contributed by atoms with Crippen molar-refractivity contribution in [2.75, 3.05) is 60.1 Å². The molecule has 4 rings (SSSR count). The van der Waals surface area contributed by atoms with Crippen molar-refractivity contribution in [2.24, 2.45) is 0 Å². The van der Waals surface area contributed by atoms with Gasteiger partial charge in [-0.25, -0.2) is 0 Å². The number of ether oxygens (including phenoxy) is 2. The fourth-order valence-corrected chi connectivity index (χ4v) is 5.88. The van der Waals surface area contributed by atoms with Crippen molar-refractivity contribution in [3.8, 4) is 5.75 Å². The molecule has 2 fully saturated rings. The number of rotatable bonds is 10. The van der Waals surface area contributed by atoms with Crippen molar-refractivity contribution in [3.05, 3.63) is 63.7 Å². The van der Waals surface area contributed by atoms with Crippen LogP contribution in [0.25, 0.3) is 0 Å². The highest BCUT2D eigenvalue weighted by molar-refractivity contribution is 6.30. The van der Waals surface area contributed by atoms with Gasteiger partial charge in [-0.3, -0.25) is 9.69 Å². The number of fused-ring (bicyclic) bond motifs is 1. The number of methoxy groups -OCH3 is 1. The van der Waals surface area contributed by atoms with Crippen LogP contribution >= 0.6 is 11.6 Å². The number of benzene rings is 2. The molecule has 2 saturated heterocycles. The van der Waals surface area contributed by atoms with E-state index >= 15 is 0 Å². The zero-order chi connectivity index (χ0) is 26.4. The van der Waals surface area contributed by atoms with E-state index in [9.17, 15) is 4.79 Å². The van der Waals surface area contributed by atoms with E-state index in [0.29, 0.717) is 29.3 Å². The van der Waals surface area contributed by atoms with Gasteiger partial charge >= 0.3 is 0 Å². The molecular formula is C30H42ClN3O3. The van der Waals surface area contributed by atoms with Gasteiger partial charge in [0, 0.05) is 62.5 Å². The Morgan fingerprint density at radius 3 is 2.57 bits per heavy atom. The zero-order valence-electron chi connectivity index (χ0n) is 22.8. The van der Waals surface area contributed by atoms with Crippen LogP contribution in [0.4, 0.5) is 0 Å². The van der Waals surface area contributed by atoms with Crippen molar-refractivity contribution in [1.29, 1.82) is 0 Å². The maximum absolute atomic E-state index is 13.1. The number of piperazine rings is 1. The molecule has 202 valence electrons. The Morgan fingerprint density at radius 1 is 1.03 bits per heavy atom. The highest BCUT2D eigenvalue weighted by atomic mass is 35.5. The van der Waals surface area contributed by atoms with E-state index < -0.39 is 0 Å². The fraction of sp³-hybridized carbons (Fsp3) is 0.567. The van der Waals surface area contributed by atoms with Crippen LogP contribution in [0.15, 0.2) is 36.4 Å². The van der Waals surface area contributed by atoms with E-state index in [0.717, 1.165) is 64.3 Å². The molecular weight excluding hydrogens is 486 g/mol. The summed E-state index contributed by atoms with van der Waals surface area (Å²) in [5, 5.41) is 0.657. The van der Waals surface area contributed by atoms with Gasteiger partial charge in [0.15, 0.2) is 0 Å². The van der Waals surface area contributed by atoms with Crippen LogP contribution in [-0.4, -0.2) is 86.7 Å². The SMILES string of the molecule is COCCN(C)CCCOc1ccc(C2CCC[C@H]3CN(C(=O)c4ccc(Cl)cc4)CCN23)c(C)c1C. The second kappa shape index (κ2) is 13.1. The summed E-state index contributed by atoms with van der Waals surface area (Å²) >= 11 is 6.01. The van der Waals surface area contributed by atoms with Crippen LogP contribution in [0.1, 0.15) is 58.8 Å². The molecule has 6 nitrogen and oxygen atoms in total. The highest BCUT2D eigenvalue weighted by Crippen LogP contribution is 2.39. The van der Waals surface area contributed by atoms with E-state index in [1.165, 1.54) is 23.1 Å². The zero-order valence-corrected chi connectivity index (χ0v) is 23.6. The van der Waals surface area contributed by atoms with Gasteiger partial charge in [-0.15, -0.1) is 0 Å². The molecule has 0 aromatic heterocycles. The lowest BCUT2D eigenvalue weighted by molar-refractivity contribution is 0.0101. The van der Waals surface area contributed by atoms with Crippen LogP contribution in [0.3, 0.4) is 0 Å². The summed E-state index contributed by atoms with van der Waals surface area (Å²) in [6.07, 6.45) is 4.47. The summed E-state index contributed by atoms with van der Waals surface area (Å²) < 4.78 is 11.3. The second-order valence-electron chi connectivity index (χ2n) is 10.5. The van der Waals surface area contributed by atoms with E-state index in [1.807, 2.05) is 17.0 Å². The van der Waals surface area contributed by atoms with Gasteiger partial charge in [-0.2, -0.15) is 0 Å². The van der Waals surface area contributed by atoms with Crippen LogP contribution in [0.2, 0.25) is 5.02 Å². The number of halogens is 1. The number of nitrogens with zero attached hydrogens (tertiary/aromatic N) is 3. The van der Waals surface area contributed by atoms with Gasteiger partial charge in [-0.1, -0.05) is 17.7 Å². The average molecular weight is 528 g/mol. The number of hydrogen-bond acceptors (Lipinski definition) is 5. The number of hydrogen-bond donors (Lipinski definition) is 0. The Bertz CT molecular complexity index is 1050. The van der Waals surface area contributed by atoms with Gasteiger partial charge in [-0.05, 0) is 93.6 Å². The number of likely N-dealkylation sites (N-methyl/N-ethyl adjacent to an activating group) is 1. The van der Waals surface area contributed by atoms with Crippen LogP contribution < -0.4 is 4.74 Å². The smallest absolute Gasteiger partial charge is 0.253 e. The van der Waals surface area contributed by atoms with Crippen molar-refractivity contribution < 1.29 is 14.3 Å². The maximum atomic E-state index is 13.1. The maximum Gasteiger partial charge on any atom is 0.253 e. The lowest BCUT2D eigenvalue weighted by Gasteiger charge is -2.48. The van der Waals surface area contributed by atoms with E-state index in [-0.39, 0.29) is 5.91 Å². The summed E-state index contributed by atoms with van der Waals surface area (Å²) in [6.45, 7) is 10.3. The first kappa shape index (κ1) is 27.9. The summed E-state index contributed by atoms with van der Waals surface area (Å²) in [4.78, 5) is 20.0. The number of piperidine rings is 1. The topological polar surface area (TPSA) is 45.3 Å². The Balaban J connectivity index is 1.37. The number of carbonyl (C=O) groups excluding carboxylic acids is 1. The van der Waals surface area contributed by atoms with Crippen molar-refractivity contribution >= 4 is 17.5 Å². The summed E-state index contributed by atoms with van der Waals surface area (Å²) in [5.41, 5.74) is 4.70. The molecule has 2 atom stereocenters. The Hall–Kier alpha value is -2.12. The normalized spacial score (nSPS) is 20.2. The first-order valence-electron chi connectivity index (χ1n) is 13.6. The minimum atomic E-state index is 0.108. The number of amides is 1. The molecule has 1 amide bonds. The van der Waals surface area contributed by atoms with Crippen LogP contribution in [-0.2, 0) is 4.74 Å². The quantitative estimate of drug-likeness (QED) is 0.389. The molecule has 2 aromatic rings. The second-order valence-corrected chi connectivity index (χ2v) is 10.9. The number of carbonyl (C=O) groups is 1. The minimum absolute atomic E-state index is 0.108. The summed E-state index contributed by atoms with van der Waals surface area (Å²) in [7, 11) is 3.86. The van der Waals surface area contributed by atoms with Gasteiger partial charge in [0.1, 0.15) is 5.75 Å². The average Bonchev–Trinajstić information content (AvgIpc) is 2.91. The van der Waals surface area contributed by atoms with Crippen molar-refractivity contribution in [2.45, 2.75) is 51.6 Å². The first-order chi connectivity index (χ1) is 17.9. The van der Waals surface area contributed by atoms with Crippen molar-refractivity contribution in [1.82, 2.24) is 14.7 Å². The third kappa shape index (κ3) is 6.85. The third-order valence-electron chi connectivity index (χ3n) is 8.08. The molecule has 0 N–H and O–H groups in total. The predicted molar refractivity (Wildman–Crippen MR) is 150 cm³/mol. The molecule has 7 heteroatoms. The Morgan fingerprint density at radius 2 is 1.81 bits per heavy atom. The summed E-state index contributed by atoms with van der Waals surface area (Å²) in [6, 6.07) is 12.5. The van der Waals surface area contributed by atoms with Crippen molar-refractivity contribution in [3.63, 3.8) is 0 Å². The van der Waals surface area contributed by atoms with E-state index in [1.54, 1.807) is 19.2 Å². The lowest BCUT2D eigenvalue weighted by Crippen LogP contribution is -2.57. The molecule has 2 aliphatic rings. The molecule has 0 bridgehead atoms. The lowest BCUT2D eigenvalue weighted by atomic mass is 9.86. The van der Waals surface area contributed by atoms with Crippen LogP contribution in [0.5, 0.6) is 5.75 Å². The fourth-order valence-electron chi connectivity index (χ4n) is 5.75. The Kier molecular flexibility index (Phi) is 9.88. The van der Waals surface area contributed by atoms with Gasteiger partial charge in [0.2, 0.25) is 0 Å². The highest BCUT2D eigenvalue weighted by Gasteiger charge is 2.37. The molecule has 2 heterocycles. The van der Waals surface area contributed by atoms with Gasteiger partial charge in [0.05, 0.1) is 13.2 Å². The molecule has 2 aliphatic heterocycles. The minimum Gasteiger partial charge on any atom is -0.493 e. The van der Waals surface area contributed by atoms with Crippen LogP contribution in [0, 0.1) is 13.8 Å². The molecule has 0 spiro atoms. The predicted octanol–water partition coefficient (Wildman–Crippen LogP) is 5.36. The Labute approximate surface area is 227 Å². The monoisotopic (exact) mass is 527 g/mol. The molecule has 0 saturated carbocycles. The largest absolute Gasteiger partial charge is 0.493 e. The third-order valence-corrected chi connectivity index (χ3v) is 8.33. The molecule has 1 unspecified atom stereocenters. The summed E-state index contributed by atoms with van der Waals surface area (Å²) in [5.74, 6) is 1.10. The molecule has 37 heavy (non-hydrogen) atoms. The van der Waals surface area contributed by atoms with Gasteiger partial charge < -0.3 is 19.3 Å². The van der Waals surface area contributed by atoms with E-state index in [2.05, 4.69) is 42.8 Å². The molecule has 0 aliphatic carbocycles. The molecule has 0 radical (unpaired) electrons. The standard InChI is InChI=1S/C30H42ClN3O3/c1-22-23(2)29(37-19-6-15-32(3)18-20-36-4)14-13-27(22)28-8-5-7-26-21-33(16-17-34(26)28)30(35)24-9-11-25(31)12-10-24/h9-14,26,28H,5-8,15-21H2,1-4H3/t26-,28?/m0/s1. The van der Waals surface area contributed by atoms with Gasteiger partial charge in [0.25, 0.3) is 5.91 Å².